The van der Waals surface area contributed by atoms with Crippen LogP contribution >= 0.6 is 0 Å². The van der Waals surface area contributed by atoms with E-state index in [1.54, 1.807) is 0 Å². The first-order valence-electron chi connectivity index (χ1n) is 8.16. The van der Waals surface area contributed by atoms with Crippen molar-refractivity contribution >= 4 is 5.91 Å². The van der Waals surface area contributed by atoms with Gasteiger partial charge in [-0.05, 0) is 18.3 Å². The fraction of sp³-hybridized carbons (Fsp3) is 0.938. The number of hydroxylamine groups is 1. The average Bonchev–Trinajstić information content (AvgIpc) is 2.42. The Morgan fingerprint density at radius 3 is 1.77 bits per heavy atom. The molecule has 0 spiro atoms. The number of hydrogen-bond donors (Lipinski definition) is 1. The van der Waals surface area contributed by atoms with Gasteiger partial charge < -0.3 is 14.2 Å². The Bertz CT molecular complexity index is 259. The van der Waals surface area contributed by atoms with Crippen LogP contribution in [0.4, 0.5) is 0 Å². The highest BCUT2D eigenvalue weighted by atomic mass is 16.7. The predicted molar refractivity (Wildman–Crippen MR) is 85.5 cm³/mol. The van der Waals surface area contributed by atoms with Gasteiger partial charge in [-0.15, -0.1) is 0 Å². The summed E-state index contributed by atoms with van der Waals surface area (Å²) in [6.45, 7) is 12.1. The maximum Gasteiger partial charge on any atom is 0.243 e. The standard InChI is InChI=1S/C16H33NO5/c1-14(2)5-6-19-7-8-20-9-10-21-11-12-22-17-16(18)13-15(3)4/h14-15H,5-13H2,1-4H3,(H,17,18). The van der Waals surface area contributed by atoms with E-state index in [1.807, 2.05) is 13.8 Å². The van der Waals surface area contributed by atoms with Gasteiger partial charge in [-0.2, -0.15) is 0 Å². The second kappa shape index (κ2) is 15.2. The molecule has 0 fully saturated rings. The third-order valence-electron chi connectivity index (χ3n) is 2.69. The SMILES string of the molecule is CC(C)CCOCCOCCOCCONC(=O)CC(C)C. The molecule has 0 bridgehead atoms. The van der Waals surface area contributed by atoms with Gasteiger partial charge in [-0.1, -0.05) is 27.7 Å². The molecule has 0 saturated heterocycles. The zero-order valence-corrected chi connectivity index (χ0v) is 14.6. The molecule has 6 nitrogen and oxygen atoms in total. The molecule has 6 heteroatoms. The molecule has 0 aliphatic rings. The lowest BCUT2D eigenvalue weighted by Crippen LogP contribution is -2.26. The molecule has 0 aromatic heterocycles. The van der Waals surface area contributed by atoms with Gasteiger partial charge in [-0.3, -0.25) is 9.63 Å². The molecule has 0 atom stereocenters. The van der Waals surface area contributed by atoms with Crippen molar-refractivity contribution in [1.82, 2.24) is 5.48 Å². The molecule has 1 N–H and O–H groups in total. The minimum atomic E-state index is -0.101. The highest BCUT2D eigenvalue weighted by Crippen LogP contribution is 1.98. The van der Waals surface area contributed by atoms with Crippen LogP contribution in [0.2, 0.25) is 0 Å². The minimum Gasteiger partial charge on any atom is -0.379 e. The summed E-state index contributed by atoms with van der Waals surface area (Å²) in [5.74, 6) is 0.897. The number of carbonyl (C=O) groups excluding carboxylic acids is 1. The molecule has 0 rings (SSSR count). The van der Waals surface area contributed by atoms with Crippen LogP contribution in [0.25, 0.3) is 0 Å². The van der Waals surface area contributed by atoms with Crippen LogP contribution in [0.3, 0.4) is 0 Å². The molecular formula is C16H33NO5. The first-order valence-corrected chi connectivity index (χ1v) is 8.16. The molecule has 0 aliphatic heterocycles. The maximum absolute atomic E-state index is 11.3. The number of rotatable bonds is 15. The molecule has 0 unspecified atom stereocenters. The summed E-state index contributed by atoms with van der Waals surface area (Å²) < 4.78 is 16.1. The van der Waals surface area contributed by atoms with Gasteiger partial charge in [-0.25, -0.2) is 5.48 Å². The number of amides is 1. The van der Waals surface area contributed by atoms with E-state index in [4.69, 9.17) is 19.0 Å². The molecule has 22 heavy (non-hydrogen) atoms. The third-order valence-corrected chi connectivity index (χ3v) is 2.69. The van der Waals surface area contributed by atoms with E-state index in [2.05, 4.69) is 19.3 Å². The Hall–Kier alpha value is -0.690. The van der Waals surface area contributed by atoms with Gasteiger partial charge in [0.25, 0.3) is 0 Å². The van der Waals surface area contributed by atoms with Crippen molar-refractivity contribution in [3.63, 3.8) is 0 Å². The maximum atomic E-state index is 11.3. The molecule has 132 valence electrons. The highest BCUT2D eigenvalue weighted by Gasteiger charge is 2.03. The predicted octanol–water partition coefficient (Wildman–Crippen LogP) is 2.18. The Kier molecular flexibility index (Phi) is 14.7. The van der Waals surface area contributed by atoms with E-state index in [-0.39, 0.29) is 5.91 Å². The fourth-order valence-electron chi connectivity index (χ4n) is 1.51. The largest absolute Gasteiger partial charge is 0.379 e. The van der Waals surface area contributed by atoms with Crippen LogP contribution in [-0.2, 0) is 23.8 Å². The molecule has 0 saturated carbocycles. The second-order valence-electron chi connectivity index (χ2n) is 5.99. The summed E-state index contributed by atoms with van der Waals surface area (Å²) in [5.41, 5.74) is 2.39. The number of hydrogen-bond acceptors (Lipinski definition) is 5. The lowest BCUT2D eigenvalue weighted by molar-refractivity contribution is -0.135. The first-order chi connectivity index (χ1) is 10.5. The summed E-state index contributed by atoms with van der Waals surface area (Å²) in [4.78, 5) is 16.3. The van der Waals surface area contributed by atoms with Crippen LogP contribution in [0, 0.1) is 11.8 Å². The van der Waals surface area contributed by atoms with Gasteiger partial charge >= 0.3 is 0 Å². The van der Waals surface area contributed by atoms with Gasteiger partial charge in [0.1, 0.15) is 0 Å². The molecule has 0 radical (unpaired) electrons. The smallest absolute Gasteiger partial charge is 0.243 e. The average molecular weight is 319 g/mol. The van der Waals surface area contributed by atoms with Crippen LogP contribution in [0.15, 0.2) is 0 Å². The lowest BCUT2D eigenvalue weighted by Gasteiger charge is -2.09. The molecule has 0 heterocycles. The van der Waals surface area contributed by atoms with Crippen molar-refractivity contribution in [2.45, 2.75) is 40.5 Å². The topological polar surface area (TPSA) is 66.0 Å². The molecule has 0 aliphatic carbocycles. The number of carbonyl (C=O) groups is 1. The second-order valence-corrected chi connectivity index (χ2v) is 5.99. The van der Waals surface area contributed by atoms with E-state index in [1.165, 1.54) is 0 Å². The van der Waals surface area contributed by atoms with E-state index in [0.29, 0.717) is 57.9 Å². The normalized spacial score (nSPS) is 11.4. The van der Waals surface area contributed by atoms with Gasteiger partial charge in [0.05, 0.1) is 39.6 Å². The molecule has 0 aromatic carbocycles. The first kappa shape index (κ1) is 21.3. The quantitative estimate of drug-likeness (QED) is 0.370. The van der Waals surface area contributed by atoms with E-state index >= 15 is 0 Å². The monoisotopic (exact) mass is 319 g/mol. The number of nitrogens with one attached hydrogen (secondary N) is 1. The van der Waals surface area contributed by atoms with Gasteiger partial charge in [0.2, 0.25) is 5.91 Å². The van der Waals surface area contributed by atoms with Crippen LogP contribution < -0.4 is 5.48 Å². The Balaban J connectivity index is 3.10. The van der Waals surface area contributed by atoms with Crippen molar-refractivity contribution < 1.29 is 23.8 Å². The van der Waals surface area contributed by atoms with E-state index in [9.17, 15) is 4.79 Å². The van der Waals surface area contributed by atoms with Gasteiger partial charge in [0, 0.05) is 13.0 Å². The summed E-state index contributed by atoms with van der Waals surface area (Å²) in [6, 6.07) is 0. The van der Waals surface area contributed by atoms with Crippen LogP contribution in [0.1, 0.15) is 40.5 Å². The summed E-state index contributed by atoms with van der Waals surface area (Å²) in [7, 11) is 0. The van der Waals surface area contributed by atoms with Crippen LogP contribution in [-0.4, -0.2) is 52.2 Å². The zero-order chi connectivity index (χ0) is 16.6. The minimum absolute atomic E-state index is 0.101. The van der Waals surface area contributed by atoms with Crippen molar-refractivity contribution in [2.75, 3.05) is 46.2 Å². The van der Waals surface area contributed by atoms with Crippen LogP contribution in [0.5, 0.6) is 0 Å². The van der Waals surface area contributed by atoms with Gasteiger partial charge in [0.15, 0.2) is 0 Å². The zero-order valence-electron chi connectivity index (χ0n) is 14.6. The summed E-state index contributed by atoms with van der Waals surface area (Å²) in [5, 5.41) is 0. The molecule has 1 amide bonds. The number of ether oxygens (including phenoxy) is 3. The Labute approximate surface area is 134 Å². The summed E-state index contributed by atoms with van der Waals surface area (Å²) in [6.07, 6.45) is 1.55. The van der Waals surface area contributed by atoms with E-state index < -0.39 is 0 Å². The van der Waals surface area contributed by atoms with Crippen molar-refractivity contribution in [1.29, 1.82) is 0 Å². The fourth-order valence-corrected chi connectivity index (χ4v) is 1.51. The molecular weight excluding hydrogens is 286 g/mol. The Morgan fingerprint density at radius 1 is 0.773 bits per heavy atom. The van der Waals surface area contributed by atoms with E-state index in [0.717, 1.165) is 13.0 Å². The Morgan fingerprint density at radius 2 is 1.27 bits per heavy atom. The molecule has 0 aromatic rings. The summed E-state index contributed by atoms with van der Waals surface area (Å²) >= 11 is 0. The lowest BCUT2D eigenvalue weighted by atomic mass is 10.1. The highest BCUT2D eigenvalue weighted by molar-refractivity contribution is 5.74. The van der Waals surface area contributed by atoms with Crippen molar-refractivity contribution in [3.05, 3.63) is 0 Å². The van der Waals surface area contributed by atoms with Crippen molar-refractivity contribution in [3.8, 4) is 0 Å². The van der Waals surface area contributed by atoms with Crippen molar-refractivity contribution in [2.24, 2.45) is 11.8 Å². The third kappa shape index (κ3) is 17.4.